The average molecular weight is 288 g/mol. The van der Waals surface area contributed by atoms with E-state index in [0.29, 0.717) is 0 Å². The molecule has 0 spiro atoms. The molecule has 0 amide bonds. The van der Waals surface area contributed by atoms with Gasteiger partial charge in [0.25, 0.3) is 0 Å². The van der Waals surface area contributed by atoms with Gasteiger partial charge in [-0.05, 0) is 0 Å². The van der Waals surface area contributed by atoms with Gasteiger partial charge in [0, 0.05) is 0 Å². The van der Waals surface area contributed by atoms with Crippen molar-refractivity contribution in [1.82, 2.24) is 0 Å². The Morgan fingerprint density at radius 3 is 1.00 bits per heavy atom. The molecule has 0 saturated heterocycles. The van der Waals surface area contributed by atoms with Crippen molar-refractivity contribution >= 4 is 23.4 Å². The summed E-state index contributed by atoms with van der Waals surface area (Å²) in [6, 6.07) is 0. The Labute approximate surface area is 88.9 Å². The first-order valence-electron chi connectivity index (χ1n) is 4.21. The fourth-order valence-electron chi connectivity index (χ4n) is 1.07. The third kappa shape index (κ3) is 8.52. The standard InChI is InChI=1S/C6H18F4O2P2Si/c1-13(2,3)11-15(7,8,9,10)12-14(4,5)6/h1-6H3. The van der Waals surface area contributed by atoms with E-state index in [1.807, 2.05) is 0 Å². The quantitative estimate of drug-likeness (QED) is 0.338. The van der Waals surface area contributed by atoms with Crippen LogP contribution < -0.4 is 0 Å². The summed E-state index contributed by atoms with van der Waals surface area (Å²) < 4.78 is 60.5. The maximum atomic E-state index is 13.2. The topological polar surface area (TPSA) is 18.5 Å². The van der Waals surface area contributed by atoms with E-state index in [1.54, 1.807) is 0 Å². The Balaban J connectivity index is 5.17. The first kappa shape index (κ1) is 15.7. The summed E-state index contributed by atoms with van der Waals surface area (Å²) in [4.78, 5) is 0. The molecule has 0 bridgehead atoms. The van der Waals surface area contributed by atoms with Crippen molar-refractivity contribution in [3.8, 4) is 0 Å². The monoisotopic (exact) mass is 288 g/mol. The zero-order chi connectivity index (χ0) is 12.8. The fraction of sp³-hybridized carbons (Fsp3) is 1.00. The number of hydrogen-bond donors (Lipinski definition) is 0. The number of rotatable bonds is 4. The summed E-state index contributed by atoms with van der Waals surface area (Å²) in [6.07, 6.45) is 0. The van der Waals surface area contributed by atoms with Gasteiger partial charge in [-0.1, -0.05) is 0 Å². The van der Waals surface area contributed by atoms with Crippen LogP contribution in [0.1, 0.15) is 0 Å². The van der Waals surface area contributed by atoms with E-state index in [9.17, 15) is 16.4 Å². The van der Waals surface area contributed by atoms with Crippen LogP contribution in [0.4, 0.5) is 16.4 Å². The van der Waals surface area contributed by atoms with Gasteiger partial charge in [-0.25, -0.2) is 0 Å². The first-order valence-corrected chi connectivity index (χ1v) is 12.6. The molecule has 0 rings (SSSR count). The fourth-order valence-corrected chi connectivity index (χ4v) is 9.92. The third-order valence-corrected chi connectivity index (χ3v) is 8.08. The Bertz CT molecular complexity index is 240. The van der Waals surface area contributed by atoms with Crippen LogP contribution in [-0.2, 0) is 8.43 Å². The molecule has 2 nitrogen and oxygen atoms in total. The minimum atomic E-state index is -9.25. The summed E-state index contributed by atoms with van der Waals surface area (Å²) in [5, 5.41) is 0. The molecule has 0 aromatic heterocycles. The van der Waals surface area contributed by atoms with Gasteiger partial charge in [0.05, 0.1) is 0 Å². The van der Waals surface area contributed by atoms with Crippen molar-refractivity contribution in [3.63, 3.8) is 0 Å². The van der Waals surface area contributed by atoms with Crippen LogP contribution in [0.15, 0.2) is 0 Å². The molecule has 9 heteroatoms. The Hall–Kier alpha value is 0.717. The molecule has 0 aliphatic rings. The molecule has 0 aliphatic carbocycles. The second-order valence-corrected chi connectivity index (χ2v) is 16.4. The van der Waals surface area contributed by atoms with E-state index in [1.165, 1.54) is 40.0 Å². The first-order chi connectivity index (χ1) is 5.92. The molecule has 0 aromatic carbocycles. The molecule has 0 aromatic rings. The Morgan fingerprint density at radius 1 is 0.667 bits per heavy atom. The third-order valence-electron chi connectivity index (χ3n) is 0.898. The van der Waals surface area contributed by atoms with E-state index in [4.69, 9.17) is 0 Å². The van der Waals surface area contributed by atoms with E-state index < -0.39 is 23.4 Å². The van der Waals surface area contributed by atoms with E-state index in [-0.39, 0.29) is 0 Å². The van der Waals surface area contributed by atoms with Gasteiger partial charge >= 0.3 is 88.3 Å². The molecular weight excluding hydrogens is 270 g/mol. The molecule has 0 unspecified atom stereocenters. The van der Waals surface area contributed by atoms with Gasteiger partial charge in [-0.2, -0.15) is 0 Å². The van der Waals surface area contributed by atoms with Gasteiger partial charge in [0.2, 0.25) is 0 Å². The van der Waals surface area contributed by atoms with Crippen molar-refractivity contribution in [3.05, 3.63) is 0 Å². The van der Waals surface area contributed by atoms with Gasteiger partial charge in [0.1, 0.15) is 0 Å². The van der Waals surface area contributed by atoms with Gasteiger partial charge < -0.3 is 0 Å². The van der Waals surface area contributed by atoms with Crippen LogP contribution in [0.3, 0.4) is 0 Å². The summed E-state index contributed by atoms with van der Waals surface area (Å²) in [7, 11) is -14.8. The van der Waals surface area contributed by atoms with Crippen LogP contribution in [0.2, 0.25) is 0 Å². The molecular formula is C6H18F4O2P2Si. The molecule has 0 N–H and O–H groups in total. The van der Waals surface area contributed by atoms with Gasteiger partial charge in [-0.15, -0.1) is 0 Å². The van der Waals surface area contributed by atoms with Crippen LogP contribution in [0, 0.1) is 0 Å². The SMILES string of the molecule is C[P+](C)(C)O[Si-2](F)(F)(F)(F)O[P+](C)(C)C. The van der Waals surface area contributed by atoms with Crippen LogP contribution in [0.25, 0.3) is 0 Å². The number of halogens is 4. The second kappa shape index (κ2) is 3.14. The summed E-state index contributed by atoms with van der Waals surface area (Å²) in [6.45, 7) is 7.45. The van der Waals surface area contributed by atoms with E-state index in [2.05, 4.69) is 8.43 Å². The molecule has 96 valence electrons. The molecule has 0 atom stereocenters. The Morgan fingerprint density at radius 2 is 0.867 bits per heavy atom. The summed E-state index contributed by atoms with van der Waals surface area (Å²) in [5.74, 6) is 0. The zero-order valence-electron chi connectivity index (χ0n) is 9.72. The zero-order valence-corrected chi connectivity index (χ0v) is 12.5. The molecule has 0 aliphatic heterocycles. The summed E-state index contributed by atoms with van der Waals surface area (Å²) in [5.41, 5.74) is 0. The van der Waals surface area contributed by atoms with Crippen LogP contribution in [0.5, 0.6) is 0 Å². The second-order valence-electron chi connectivity index (χ2n) is 5.09. The molecule has 0 fully saturated rings. The molecule has 0 saturated carbocycles. The van der Waals surface area contributed by atoms with Gasteiger partial charge in [-0.3, -0.25) is 0 Å². The predicted molar refractivity (Wildman–Crippen MR) is 61.7 cm³/mol. The molecule has 0 radical (unpaired) electrons. The van der Waals surface area contributed by atoms with Crippen molar-refractivity contribution < 1.29 is 24.9 Å². The van der Waals surface area contributed by atoms with E-state index in [0.717, 1.165) is 0 Å². The maximum absolute atomic E-state index is 13.2. The van der Waals surface area contributed by atoms with Crippen molar-refractivity contribution in [2.75, 3.05) is 40.0 Å². The van der Waals surface area contributed by atoms with E-state index >= 15 is 0 Å². The van der Waals surface area contributed by atoms with Crippen molar-refractivity contribution in [2.45, 2.75) is 0 Å². The molecule has 0 heterocycles. The van der Waals surface area contributed by atoms with Crippen LogP contribution in [-0.4, -0.2) is 48.4 Å². The molecule has 15 heavy (non-hydrogen) atoms. The van der Waals surface area contributed by atoms with Crippen molar-refractivity contribution in [2.24, 2.45) is 0 Å². The van der Waals surface area contributed by atoms with Gasteiger partial charge in [0.15, 0.2) is 0 Å². The number of hydrogen-bond acceptors (Lipinski definition) is 2. The average Bonchev–Trinajstić information content (AvgIpc) is 1.36. The minimum absolute atomic E-state index is 1.24. The van der Waals surface area contributed by atoms with Crippen molar-refractivity contribution in [1.29, 1.82) is 0 Å². The normalized spacial score (nSPS) is 19.6. The predicted octanol–water partition coefficient (Wildman–Crippen LogP) is 3.88. The summed E-state index contributed by atoms with van der Waals surface area (Å²) >= 11 is 0. The Kier molecular flexibility index (Phi) is 3.29. The van der Waals surface area contributed by atoms with Crippen LogP contribution >= 0.6 is 15.0 Å².